The van der Waals surface area contributed by atoms with Crippen LogP contribution in [-0.2, 0) is 16.1 Å². The summed E-state index contributed by atoms with van der Waals surface area (Å²) in [5.41, 5.74) is 2.74. The lowest BCUT2D eigenvalue weighted by atomic mass is 10.0. The molecule has 2 aliphatic rings. The Balaban J connectivity index is 1.29. The number of carbonyl (C=O) groups excluding carboxylic acids is 2. The molecule has 3 rings (SSSR count). The van der Waals surface area contributed by atoms with Crippen LogP contribution in [0.25, 0.3) is 0 Å². The van der Waals surface area contributed by atoms with Gasteiger partial charge in [-0.25, -0.2) is 0 Å². The zero-order valence-corrected chi connectivity index (χ0v) is 18.0. The van der Waals surface area contributed by atoms with Crippen molar-refractivity contribution in [2.45, 2.75) is 45.6 Å². The minimum atomic E-state index is 0.0930. The maximum absolute atomic E-state index is 12.2. The van der Waals surface area contributed by atoms with E-state index in [0.717, 1.165) is 58.7 Å². The van der Waals surface area contributed by atoms with E-state index >= 15 is 0 Å². The number of nitrogens with one attached hydrogen (secondary N) is 1. The Labute approximate surface area is 175 Å². The van der Waals surface area contributed by atoms with Gasteiger partial charge in [0.2, 0.25) is 11.8 Å². The van der Waals surface area contributed by atoms with Gasteiger partial charge in [0.05, 0.1) is 6.54 Å². The topological polar surface area (TPSA) is 55.9 Å². The van der Waals surface area contributed by atoms with Gasteiger partial charge in [0, 0.05) is 58.8 Å². The molecule has 0 aliphatic carbocycles. The van der Waals surface area contributed by atoms with E-state index in [4.69, 9.17) is 0 Å². The van der Waals surface area contributed by atoms with Crippen LogP contribution in [0.5, 0.6) is 0 Å². The van der Waals surface area contributed by atoms with Crippen LogP contribution in [0.2, 0.25) is 0 Å². The van der Waals surface area contributed by atoms with E-state index in [1.165, 1.54) is 11.1 Å². The average molecular weight is 401 g/mol. The molecule has 0 aromatic heterocycles. The van der Waals surface area contributed by atoms with Crippen molar-refractivity contribution in [3.05, 3.63) is 35.4 Å². The van der Waals surface area contributed by atoms with Crippen LogP contribution in [0.4, 0.5) is 0 Å². The van der Waals surface area contributed by atoms with Gasteiger partial charge in [-0.2, -0.15) is 0 Å². The van der Waals surface area contributed by atoms with Crippen molar-refractivity contribution in [1.29, 1.82) is 0 Å². The fourth-order valence-electron chi connectivity index (χ4n) is 4.07. The third kappa shape index (κ3) is 6.82. The zero-order chi connectivity index (χ0) is 20.6. The summed E-state index contributed by atoms with van der Waals surface area (Å²) in [6.07, 6.45) is 2.49. The summed E-state index contributed by atoms with van der Waals surface area (Å²) >= 11 is 0. The Morgan fingerprint density at radius 1 is 1.03 bits per heavy atom. The third-order valence-electron chi connectivity index (χ3n) is 5.98. The molecule has 2 amide bonds. The molecule has 2 aliphatic heterocycles. The van der Waals surface area contributed by atoms with Gasteiger partial charge in [0.15, 0.2) is 0 Å². The Hall–Kier alpha value is -1.92. The van der Waals surface area contributed by atoms with Crippen LogP contribution in [0, 0.1) is 0 Å². The number of likely N-dealkylation sites (tertiary alicyclic amines) is 1. The highest BCUT2D eigenvalue weighted by Gasteiger charge is 2.20. The first kappa shape index (κ1) is 21.8. The molecular weight excluding hydrogens is 364 g/mol. The molecule has 2 fully saturated rings. The standard InChI is InChI=1S/C23H36N4O2/c1-19(2)21-8-6-20(7-9-21)17-25-13-15-26(16-14-25)18-22(28)24-10-4-12-27-11-3-5-23(27)29/h6-9,19H,3-5,10-18H2,1-2H3,(H,24,28). The molecule has 6 heteroatoms. The Morgan fingerprint density at radius 3 is 2.34 bits per heavy atom. The lowest BCUT2D eigenvalue weighted by molar-refractivity contribution is -0.127. The van der Waals surface area contributed by atoms with E-state index in [2.05, 4.69) is 53.2 Å². The highest BCUT2D eigenvalue weighted by atomic mass is 16.2. The van der Waals surface area contributed by atoms with E-state index in [9.17, 15) is 9.59 Å². The Morgan fingerprint density at radius 2 is 1.72 bits per heavy atom. The number of piperazine rings is 1. The van der Waals surface area contributed by atoms with Gasteiger partial charge < -0.3 is 10.2 Å². The van der Waals surface area contributed by atoms with E-state index in [1.54, 1.807) is 0 Å². The van der Waals surface area contributed by atoms with Crippen LogP contribution >= 0.6 is 0 Å². The molecule has 1 N–H and O–H groups in total. The number of hydrogen-bond acceptors (Lipinski definition) is 4. The van der Waals surface area contributed by atoms with E-state index in [0.29, 0.717) is 25.4 Å². The molecular formula is C23H36N4O2. The molecule has 2 heterocycles. The van der Waals surface area contributed by atoms with Crippen molar-refractivity contribution in [3.8, 4) is 0 Å². The first-order valence-electron chi connectivity index (χ1n) is 11.1. The van der Waals surface area contributed by atoms with Crippen LogP contribution in [0.1, 0.15) is 50.2 Å². The lowest BCUT2D eigenvalue weighted by Gasteiger charge is -2.34. The molecule has 29 heavy (non-hydrogen) atoms. The van der Waals surface area contributed by atoms with Crippen LogP contribution in [0.15, 0.2) is 24.3 Å². The first-order chi connectivity index (χ1) is 14.0. The largest absolute Gasteiger partial charge is 0.355 e. The summed E-state index contributed by atoms with van der Waals surface area (Å²) in [6.45, 7) is 12.0. The van der Waals surface area contributed by atoms with Crippen molar-refractivity contribution >= 4 is 11.8 Å². The van der Waals surface area contributed by atoms with Crippen molar-refractivity contribution < 1.29 is 9.59 Å². The highest BCUT2D eigenvalue weighted by molar-refractivity contribution is 5.78. The maximum Gasteiger partial charge on any atom is 0.234 e. The molecule has 0 saturated carbocycles. The average Bonchev–Trinajstić information content (AvgIpc) is 3.12. The van der Waals surface area contributed by atoms with E-state index in [-0.39, 0.29) is 11.8 Å². The minimum Gasteiger partial charge on any atom is -0.355 e. The number of carbonyl (C=O) groups is 2. The molecule has 6 nitrogen and oxygen atoms in total. The summed E-state index contributed by atoms with van der Waals surface area (Å²) in [6, 6.07) is 8.95. The molecule has 160 valence electrons. The summed E-state index contributed by atoms with van der Waals surface area (Å²) in [5.74, 6) is 0.919. The van der Waals surface area contributed by atoms with Gasteiger partial charge >= 0.3 is 0 Å². The maximum atomic E-state index is 12.2. The Bertz CT molecular complexity index is 666. The fraction of sp³-hybridized carbons (Fsp3) is 0.652. The van der Waals surface area contributed by atoms with Crippen LogP contribution < -0.4 is 5.32 Å². The van der Waals surface area contributed by atoms with Crippen molar-refractivity contribution in [2.24, 2.45) is 0 Å². The normalized spacial score (nSPS) is 18.6. The summed E-state index contributed by atoms with van der Waals surface area (Å²) in [4.78, 5) is 30.4. The molecule has 0 bridgehead atoms. The molecule has 0 atom stereocenters. The van der Waals surface area contributed by atoms with Gasteiger partial charge in [-0.05, 0) is 29.9 Å². The number of benzene rings is 1. The summed E-state index contributed by atoms with van der Waals surface area (Å²) < 4.78 is 0. The second-order valence-electron chi connectivity index (χ2n) is 8.64. The Kier molecular flexibility index (Phi) is 8.07. The monoisotopic (exact) mass is 400 g/mol. The van der Waals surface area contributed by atoms with E-state index < -0.39 is 0 Å². The van der Waals surface area contributed by atoms with Crippen molar-refractivity contribution in [3.63, 3.8) is 0 Å². The zero-order valence-electron chi connectivity index (χ0n) is 18.0. The lowest BCUT2D eigenvalue weighted by Crippen LogP contribution is -2.49. The quantitative estimate of drug-likeness (QED) is 0.645. The number of hydrogen-bond donors (Lipinski definition) is 1. The molecule has 0 radical (unpaired) electrons. The summed E-state index contributed by atoms with van der Waals surface area (Å²) in [7, 11) is 0. The molecule has 1 aromatic rings. The predicted octanol–water partition coefficient (Wildman–Crippen LogP) is 2.06. The van der Waals surface area contributed by atoms with Crippen molar-refractivity contribution in [2.75, 3.05) is 52.4 Å². The van der Waals surface area contributed by atoms with Crippen LogP contribution in [-0.4, -0.2) is 78.9 Å². The number of nitrogens with zero attached hydrogens (tertiary/aromatic N) is 3. The van der Waals surface area contributed by atoms with Gasteiger partial charge in [0.1, 0.15) is 0 Å². The van der Waals surface area contributed by atoms with Crippen LogP contribution in [0.3, 0.4) is 0 Å². The van der Waals surface area contributed by atoms with Crippen molar-refractivity contribution in [1.82, 2.24) is 20.0 Å². The summed E-state index contributed by atoms with van der Waals surface area (Å²) in [5, 5.41) is 3.00. The third-order valence-corrected chi connectivity index (χ3v) is 5.98. The smallest absolute Gasteiger partial charge is 0.234 e. The second kappa shape index (κ2) is 10.7. The van der Waals surface area contributed by atoms with Gasteiger partial charge in [-0.1, -0.05) is 38.1 Å². The molecule has 2 saturated heterocycles. The predicted molar refractivity (Wildman–Crippen MR) is 116 cm³/mol. The highest BCUT2D eigenvalue weighted by Crippen LogP contribution is 2.16. The van der Waals surface area contributed by atoms with Gasteiger partial charge in [0.25, 0.3) is 0 Å². The first-order valence-corrected chi connectivity index (χ1v) is 11.1. The second-order valence-corrected chi connectivity index (χ2v) is 8.64. The molecule has 1 aromatic carbocycles. The number of rotatable bonds is 9. The SMILES string of the molecule is CC(C)c1ccc(CN2CCN(CC(=O)NCCCN3CCCC3=O)CC2)cc1. The molecule has 0 unspecified atom stereocenters. The minimum absolute atomic E-state index is 0.0930. The van der Waals surface area contributed by atoms with Gasteiger partial charge in [-0.15, -0.1) is 0 Å². The number of amides is 2. The molecule has 0 spiro atoms. The van der Waals surface area contributed by atoms with E-state index in [1.807, 2.05) is 4.90 Å². The fourth-order valence-corrected chi connectivity index (χ4v) is 4.07. The van der Waals surface area contributed by atoms with Gasteiger partial charge in [-0.3, -0.25) is 19.4 Å².